The Morgan fingerprint density at radius 3 is 2.82 bits per heavy atom. The van der Waals surface area contributed by atoms with E-state index in [1.54, 1.807) is 16.7 Å². The van der Waals surface area contributed by atoms with Gasteiger partial charge >= 0.3 is 0 Å². The molecule has 7 nitrogen and oxygen atoms in total. The summed E-state index contributed by atoms with van der Waals surface area (Å²) >= 11 is 2.79. The topological polar surface area (TPSA) is 92.8 Å². The van der Waals surface area contributed by atoms with Crippen LogP contribution in [-0.2, 0) is 24.7 Å². The second kappa shape index (κ2) is 10.4. The van der Waals surface area contributed by atoms with Gasteiger partial charge in [-0.05, 0) is 62.4 Å². The minimum absolute atomic E-state index is 0.145. The van der Waals surface area contributed by atoms with Crippen LogP contribution in [0.3, 0.4) is 0 Å². The lowest BCUT2D eigenvalue weighted by Crippen LogP contribution is -2.15. The van der Waals surface area contributed by atoms with Crippen molar-refractivity contribution in [2.75, 3.05) is 11.1 Å². The molecule has 0 aliphatic heterocycles. The lowest BCUT2D eigenvalue weighted by Gasteiger charge is -2.14. The molecule has 0 bridgehead atoms. The van der Waals surface area contributed by atoms with Crippen LogP contribution in [-0.4, -0.2) is 26.4 Å². The van der Waals surface area contributed by atoms with Gasteiger partial charge in [-0.3, -0.25) is 4.79 Å². The molecule has 3 aromatic rings. The molecule has 1 unspecified atom stereocenters. The van der Waals surface area contributed by atoms with Gasteiger partial charge in [0.1, 0.15) is 22.6 Å². The van der Waals surface area contributed by atoms with Crippen LogP contribution in [0.1, 0.15) is 54.1 Å². The SMILES string of the molecule is CC(Oc1ccc(F)cc1)c1nnc(SCC(=O)Nc2sc3c(c2C#N)CCCCC3)n1C. The predicted octanol–water partition coefficient (Wildman–Crippen LogP) is 5.03. The molecule has 0 fully saturated rings. The van der Waals surface area contributed by atoms with Crippen molar-refractivity contribution in [2.24, 2.45) is 7.05 Å². The van der Waals surface area contributed by atoms with E-state index >= 15 is 0 Å². The number of amides is 1. The van der Waals surface area contributed by atoms with E-state index in [0.29, 0.717) is 27.3 Å². The lowest BCUT2D eigenvalue weighted by molar-refractivity contribution is -0.113. The van der Waals surface area contributed by atoms with Gasteiger partial charge < -0.3 is 14.6 Å². The van der Waals surface area contributed by atoms with Gasteiger partial charge in [-0.25, -0.2) is 4.39 Å². The fourth-order valence-electron chi connectivity index (χ4n) is 3.82. The second-order valence-corrected chi connectivity index (χ2v) is 9.88. The number of carbonyl (C=O) groups is 1. The van der Waals surface area contributed by atoms with E-state index in [1.165, 1.54) is 46.5 Å². The zero-order valence-electron chi connectivity index (χ0n) is 18.4. The van der Waals surface area contributed by atoms with Crippen LogP contribution in [0.25, 0.3) is 0 Å². The summed E-state index contributed by atoms with van der Waals surface area (Å²) in [6.07, 6.45) is 4.85. The quantitative estimate of drug-likeness (QED) is 0.373. The van der Waals surface area contributed by atoms with Crippen molar-refractivity contribution in [3.8, 4) is 11.8 Å². The summed E-state index contributed by atoms with van der Waals surface area (Å²) in [7, 11) is 1.81. The van der Waals surface area contributed by atoms with Gasteiger partial charge in [0.05, 0.1) is 11.3 Å². The maximum absolute atomic E-state index is 13.1. The van der Waals surface area contributed by atoms with Crippen molar-refractivity contribution >= 4 is 34.0 Å². The zero-order valence-corrected chi connectivity index (χ0v) is 20.1. The highest BCUT2D eigenvalue weighted by Gasteiger charge is 2.22. The molecular formula is C23H24FN5O2S2. The highest BCUT2D eigenvalue weighted by molar-refractivity contribution is 7.99. The van der Waals surface area contributed by atoms with Gasteiger partial charge in [0, 0.05) is 11.9 Å². The monoisotopic (exact) mass is 485 g/mol. The van der Waals surface area contributed by atoms with Gasteiger partial charge in [0.15, 0.2) is 17.1 Å². The van der Waals surface area contributed by atoms with Crippen LogP contribution in [0, 0.1) is 17.1 Å². The number of nitriles is 1. The van der Waals surface area contributed by atoms with Gasteiger partial charge in [-0.15, -0.1) is 21.5 Å². The molecule has 2 aromatic heterocycles. The number of nitrogens with one attached hydrogen (secondary N) is 1. The number of ether oxygens (including phenoxy) is 1. The van der Waals surface area contributed by atoms with Crippen LogP contribution in [0.5, 0.6) is 5.75 Å². The van der Waals surface area contributed by atoms with Gasteiger partial charge in [-0.2, -0.15) is 5.26 Å². The normalized spacial score (nSPS) is 14.1. The molecule has 172 valence electrons. The van der Waals surface area contributed by atoms with E-state index in [9.17, 15) is 14.4 Å². The second-order valence-electron chi connectivity index (χ2n) is 7.83. The van der Waals surface area contributed by atoms with Crippen molar-refractivity contribution in [1.82, 2.24) is 14.8 Å². The molecule has 1 aliphatic rings. The van der Waals surface area contributed by atoms with Crippen LogP contribution >= 0.6 is 23.1 Å². The number of aromatic nitrogens is 3. The molecule has 0 saturated heterocycles. The first kappa shape index (κ1) is 23.3. The number of hydrogen-bond donors (Lipinski definition) is 1. The fourth-order valence-corrected chi connectivity index (χ4v) is 5.79. The number of fused-ring (bicyclic) bond motifs is 1. The molecule has 4 rings (SSSR count). The molecule has 1 amide bonds. The Morgan fingerprint density at radius 1 is 1.30 bits per heavy atom. The van der Waals surface area contributed by atoms with Crippen LogP contribution < -0.4 is 10.1 Å². The Bertz CT molecular complexity index is 1180. The number of rotatable bonds is 7. The van der Waals surface area contributed by atoms with E-state index < -0.39 is 6.10 Å². The van der Waals surface area contributed by atoms with Crippen molar-refractivity contribution in [2.45, 2.75) is 50.3 Å². The van der Waals surface area contributed by atoms with Gasteiger partial charge in [0.25, 0.3) is 0 Å². The standard InChI is InChI=1S/C23H24FN5O2S2/c1-14(31-16-10-8-15(24)9-11-16)21-27-28-23(29(21)2)32-13-20(30)26-22-18(12-25)17-6-4-3-5-7-19(17)33-22/h8-11,14H,3-7,13H2,1-2H3,(H,26,30). The first-order chi connectivity index (χ1) is 16.0. The summed E-state index contributed by atoms with van der Waals surface area (Å²) in [5.41, 5.74) is 1.72. The Kier molecular flexibility index (Phi) is 7.30. The lowest BCUT2D eigenvalue weighted by atomic mass is 10.1. The minimum atomic E-state index is -0.407. The molecule has 0 saturated carbocycles. The smallest absolute Gasteiger partial charge is 0.235 e. The van der Waals surface area contributed by atoms with Crippen molar-refractivity contribution in [3.05, 3.63) is 51.9 Å². The summed E-state index contributed by atoms with van der Waals surface area (Å²) in [6, 6.07) is 8.07. The summed E-state index contributed by atoms with van der Waals surface area (Å²) < 4.78 is 20.7. The maximum atomic E-state index is 13.1. The van der Waals surface area contributed by atoms with E-state index in [-0.39, 0.29) is 17.5 Å². The summed E-state index contributed by atoms with van der Waals surface area (Å²) in [5.74, 6) is 0.755. The van der Waals surface area contributed by atoms with Gasteiger partial charge in [-0.1, -0.05) is 18.2 Å². The highest BCUT2D eigenvalue weighted by Crippen LogP contribution is 2.37. The summed E-state index contributed by atoms with van der Waals surface area (Å²) in [5, 5.41) is 22.1. The number of nitrogens with zero attached hydrogens (tertiary/aromatic N) is 4. The predicted molar refractivity (Wildman–Crippen MR) is 126 cm³/mol. The molecule has 33 heavy (non-hydrogen) atoms. The number of hydrogen-bond acceptors (Lipinski definition) is 7. The Hall–Kier alpha value is -2.90. The van der Waals surface area contributed by atoms with E-state index in [4.69, 9.17) is 4.74 Å². The van der Waals surface area contributed by atoms with E-state index in [2.05, 4.69) is 21.6 Å². The van der Waals surface area contributed by atoms with Crippen molar-refractivity contribution in [3.63, 3.8) is 0 Å². The third-order valence-corrected chi connectivity index (χ3v) is 7.70. The number of benzene rings is 1. The molecule has 1 N–H and O–H groups in total. The Morgan fingerprint density at radius 2 is 2.06 bits per heavy atom. The average molecular weight is 486 g/mol. The largest absolute Gasteiger partial charge is 0.483 e. The van der Waals surface area contributed by atoms with Crippen molar-refractivity contribution < 1.29 is 13.9 Å². The Labute approximate surface area is 200 Å². The van der Waals surface area contributed by atoms with Crippen LogP contribution in [0.4, 0.5) is 9.39 Å². The maximum Gasteiger partial charge on any atom is 0.235 e. The molecule has 2 heterocycles. The Balaban J connectivity index is 1.37. The van der Waals surface area contributed by atoms with Crippen molar-refractivity contribution in [1.29, 1.82) is 5.26 Å². The average Bonchev–Trinajstić information content (AvgIpc) is 3.23. The third-order valence-electron chi connectivity index (χ3n) is 5.48. The fraction of sp³-hybridized carbons (Fsp3) is 0.391. The summed E-state index contributed by atoms with van der Waals surface area (Å²) in [6.45, 7) is 1.83. The zero-order chi connectivity index (χ0) is 23.4. The summed E-state index contributed by atoms with van der Waals surface area (Å²) in [4.78, 5) is 13.8. The molecule has 1 atom stereocenters. The number of halogens is 1. The molecular weight excluding hydrogens is 461 g/mol. The number of anilines is 1. The first-order valence-corrected chi connectivity index (χ1v) is 12.5. The molecule has 1 aromatic carbocycles. The third kappa shape index (κ3) is 5.37. The molecule has 1 aliphatic carbocycles. The molecule has 0 spiro atoms. The van der Waals surface area contributed by atoms with E-state index in [0.717, 1.165) is 31.2 Å². The number of thiophene rings is 1. The minimum Gasteiger partial charge on any atom is -0.483 e. The molecule has 0 radical (unpaired) electrons. The molecule has 10 heteroatoms. The number of aryl methyl sites for hydroxylation is 1. The van der Waals surface area contributed by atoms with Crippen LogP contribution in [0.2, 0.25) is 0 Å². The number of thioether (sulfide) groups is 1. The van der Waals surface area contributed by atoms with Gasteiger partial charge in [0.2, 0.25) is 5.91 Å². The number of carbonyl (C=O) groups excluding carboxylic acids is 1. The van der Waals surface area contributed by atoms with E-state index in [1.807, 2.05) is 14.0 Å². The van der Waals surface area contributed by atoms with Crippen LogP contribution in [0.15, 0.2) is 29.4 Å². The highest BCUT2D eigenvalue weighted by atomic mass is 32.2. The first-order valence-electron chi connectivity index (χ1n) is 10.7.